The van der Waals surface area contributed by atoms with Crippen molar-refractivity contribution in [3.8, 4) is 0 Å². The van der Waals surface area contributed by atoms with Gasteiger partial charge in [-0.15, -0.1) is 0 Å². The lowest BCUT2D eigenvalue weighted by atomic mass is 10.1. The van der Waals surface area contributed by atoms with E-state index in [2.05, 4.69) is 12.0 Å². The minimum atomic E-state index is 0.592. The normalized spacial score (nSPS) is 10.7. The van der Waals surface area contributed by atoms with Crippen LogP contribution in [0.1, 0.15) is 44.7 Å². The summed E-state index contributed by atoms with van der Waals surface area (Å²) >= 11 is 0. The third-order valence-corrected chi connectivity index (χ3v) is 2.49. The molecule has 0 saturated heterocycles. The van der Waals surface area contributed by atoms with Crippen molar-refractivity contribution in [2.24, 2.45) is 5.73 Å². The molecule has 2 N–H and O–H groups in total. The summed E-state index contributed by atoms with van der Waals surface area (Å²) < 4.78 is 2.02. The van der Waals surface area contributed by atoms with Crippen LogP contribution in [0.2, 0.25) is 0 Å². The summed E-state index contributed by atoms with van der Waals surface area (Å²) in [7, 11) is 0. The highest BCUT2D eigenvalue weighted by Crippen LogP contribution is 2.05. The van der Waals surface area contributed by atoms with Crippen molar-refractivity contribution in [2.45, 2.75) is 52.1 Å². The summed E-state index contributed by atoms with van der Waals surface area (Å²) in [5.41, 5.74) is 6.73. The smallest absolute Gasteiger partial charge is 0.0519 e. The molecule has 0 saturated carbocycles. The van der Waals surface area contributed by atoms with Crippen molar-refractivity contribution in [2.75, 3.05) is 0 Å². The van der Waals surface area contributed by atoms with Crippen molar-refractivity contribution >= 4 is 0 Å². The van der Waals surface area contributed by atoms with Crippen LogP contribution in [0.4, 0.5) is 0 Å². The number of unbranched alkanes of at least 4 members (excludes halogenated alkanes) is 4. The van der Waals surface area contributed by atoms with Gasteiger partial charge < -0.3 is 5.73 Å². The molecule has 1 aromatic heterocycles. The number of nitrogens with two attached hydrogens (primary N) is 1. The molecule has 0 spiro atoms. The molecule has 1 rings (SSSR count). The van der Waals surface area contributed by atoms with Gasteiger partial charge in [-0.2, -0.15) is 5.10 Å². The molecule has 1 aromatic rings. The molecule has 0 bridgehead atoms. The van der Waals surface area contributed by atoms with E-state index in [0.29, 0.717) is 6.54 Å². The van der Waals surface area contributed by atoms with Crippen LogP contribution in [0, 0.1) is 0 Å². The zero-order valence-corrected chi connectivity index (χ0v) is 9.08. The maximum atomic E-state index is 5.59. The molecule has 0 radical (unpaired) electrons. The maximum absolute atomic E-state index is 5.59. The van der Waals surface area contributed by atoms with E-state index in [0.717, 1.165) is 12.2 Å². The predicted octanol–water partition coefficient (Wildman–Crippen LogP) is 2.31. The molecular weight excluding hydrogens is 174 g/mol. The Balaban J connectivity index is 2.17. The summed E-state index contributed by atoms with van der Waals surface area (Å²) in [6, 6.07) is 1.99. The maximum Gasteiger partial charge on any atom is 0.0519 e. The van der Waals surface area contributed by atoms with Crippen LogP contribution in [0.15, 0.2) is 12.3 Å². The summed E-state index contributed by atoms with van der Waals surface area (Å²) in [6.45, 7) is 3.85. The Hall–Kier alpha value is -0.830. The second-order valence-electron chi connectivity index (χ2n) is 3.66. The van der Waals surface area contributed by atoms with E-state index in [9.17, 15) is 0 Å². The highest BCUT2D eigenvalue weighted by Gasteiger charge is 1.98. The number of aromatic nitrogens is 2. The largest absolute Gasteiger partial charge is 0.325 e. The second-order valence-corrected chi connectivity index (χ2v) is 3.66. The number of rotatable bonds is 7. The molecule has 0 amide bonds. The first-order chi connectivity index (χ1) is 6.88. The van der Waals surface area contributed by atoms with Crippen molar-refractivity contribution in [1.29, 1.82) is 0 Å². The van der Waals surface area contributed by atoms with Crippen LogP contribution in [-0.4, -0.2) is 9.78 Å². The molecule has 14 heavy (non-hydrogen) atoms. The molecule has 0 atom stereocenters. The van der Waals surface area contributed by atoms with E-state index in [-0.39, 0.29) is 0 Å². The average Bonchev–Trinajstić information content (AvgIpc) is 2.65. The molecule has 1 heterocycles. The minimum absolute atomic E-state index is 0.592. The van der Waals surface area contributed by atoms with Crippen molar-refractivity contribution in [3.63, 3.8) is 0 Å². The first-order valence-corrected chi connectivity index (χ1v) is 5.59. The second kappa shape index (κ2) is 6.60. The van der Waals surface area contributed by atoms with Gasteiger partial charge in [-0.25, -0.2) is 0 Å². The van der Waals surface area contributed by atoms with Crippen LogP contribution in [-0.2, 0) is 13.1 Å². The fourth-order valence-corrected chi connectivity index (χ4v) is 1.60. The Labute approximate surface area is 86.3 Å². The van der Waals surface area contributed by atoms with Gasteiger partial charge in [0.05, 0.1) is 5.69 Å². The van der Waals surface area contributed by atoms with Gasteiger partial charge in [-0.3, -0.25) is 4.68 Å². The first kappa shape index (κ1) is 11.2. The topological polar surface area (TPSA) is 43.8 Å². The first-order valence-electron chi connectivity index (χ1n) is 5.59. The molecular formula is C11H21N3. The van der Waals surface area contributed by atoms with Gasteiger partial charge in [0.25, 0.3) is 0 Å². The molecule has 0 aromatic carbocycles. The van der Waals surface area contributed by atoms with E-state index in [1.807, 2.05) is 16.9 Å². The molecule has 0 fully saturated rings. The molecule has 80 valence electrons. The van der Waals surface area contributed by atoms with Gasteiger partial charge in [0.1, 0.15) is 0 Å². The lowest BCUT2D eigenvalue weighted by Gasteiger charge is -2.05. The van der Waals surface area contributed by atoms with Crippen molar-refractivity contribution in [3.05, 3.63) is 18.0 Å². The molecule has 0 aliphatic heterocycles. The molecule has 0 unspecified atom stereocenters. The third kappa shape index (κ3) is 3.50. The summed E-state index contributed by atoms with van der Waals surface area (Å²) in [5, 5.41) is 4.24. The highest BCUT2D eigenvalue weighted by molar-refractivity contribution is 4.99. The van der Waals surface area contributed by atoms with Gasteiger partial charge in [0.15, 0.2) is 0 Å². The number of nitrogens with zero attached hydrogens (tertiary/aromatic N) is 2. The Morgan fingerprint density at radius 2 is 2.07 bits per heavy atom. The predicted molar refractivity (Wildman–Crippen MR) is 58.9 cm³/mol. The monoisotopic (exact) mass is 195 g/mol. The lowest BCUT2D eigenvalue weighted by molar-refractivity contribution is 0.518. The molecule has 3 nitrogen and oxygen atoms in total. The fourth-order valence-electron chi connectivity index (χ4n) is 1.60. The lowest BCUT2D eigenvalue weighted by Crippen LogP contribution is -2.08. The fraction of sp³-hybridized carbons (Fsp3) is 0.727. The van der Waals surface area contributed by atoms with E-state index in [4.69, 9.17) is 5.73 Å². The van der Waals surface area contributed by atoms with Crippen LogP contribution < -0.4 is 5.73 Å². The van der Waals surface area contributed by atoms with Crippen LogP contribution in [0.25, 0.3) is 0 Å². The average molecular weight is 195 g/mol. The Morgan fingerprint density at radius 1 is 1.29 bits per heavy atom. The Kier molecular flexibility index (Phi) is 5.30. The van der Waals surface area contributed by atoms with Crippen LogP contribution >= 0.6 is 0 Å². The number of hydrogen-bond donors (Lipinski definition) is 1. The van der Waals surface area contributed by atoms with E-state index in [1.165, 1.54) is 32.1 Å². The van der Waals surface area contributed by atoms with Gasteiger partial charge in [-0.05, 0) is 12.5 Å². The third-order valence-electron chi connectivity index (χ3n) is 2.49. The van der Waals surface area contributed by atoms with Gasteiger partial charge >= 0.3 is 0 Å². The van der Waals surface area contributed by atoms with Gasteiger partial charge in [0.2, 0.25) is 0 Å². The van der Waals surface area contributed by atoms with Gasteiger partial charge in [0, 0.05) is 19.3 Å². The van der Waals surface area contributed by atoms with Crippen LogP contribution in [0.5, 0.6) is 0 Å². The zero-order valence-electron chi connectivity index (χ0n) is 9.08. The van der Waals surface area contributed by atoms with Crippen LogP contribution in [0.3, 0.4) is 0 Å². The molecule has 3 heteroatoms. The standard InChI is InChI=1S/C11H21N3/c1-2-3-4-5-6-9-14-11(10-12)7-8-13-14/h7-8H,2-6,9-10,12H2,1H3. The molecule has 0 aliphatic carbocycles. The Bertz CT molecular complexity index is 242. The SMILES string of the molecule is CCCCCCCn1nccc1CN. The summed E-state index contributed by atoms with van der Waals surface area (Å²) in [4.78, 5) is 0. The summed E-state index contributed by atoms with van der Waals surface area (Å²) in [6.07, 6.45) is 8.34. The van der Waals surface area contributed by atoms with Crippen molar-refractivity contribution < 1.29 is 0 Å². The quantitative estimate of drug-likeness (QED) is 0.678. The highest BCUT2D eigenvalue weighted by atomic mass is 15.3. The number of aryl methyl sites for hydroxylation is 1. The summed E-state index contributed by atoms with van der Waals surface area (Å²) in [5.74, 6) is 0. The van der Waals surface area contributed by atoms with E-state index < -0.39 is 0 Å². The molecule has 0 aliphatic rings. The van der Waals surface area contributed by atoms with E-state index >= 15 is 0 Å². The minimum Gasteiger partial charge on any atom is -0.325 e. The zero-order chi connectivity index (χ0) is 10.2. The van der Waals surface area contributed by atoms with E-state index in [1.54, 1.807) is 0 Å². The Morgan fingerprint density at radius 3 is 2.79 bits per heavy atom. The number of hydrogen-bond acceptors (Lipinski definition) is 2. The van der Waals surface area contributed by atoms with Crippen molar-refractivity contribution in [1.82, 2.24) is 9.78 Å². The van der Waals surface area contributed by atoms with Gasteiger partial charge in [-0.1, -0.05) is 32.6 Å².